The highest BCUT2D eigenvalue weighted by Crippen LogP contribution is 2.33. The van der Waals surface area contributed by atoms with Crippen LogP contribution in [-0.2, 0) is 33.2 Å². The van der Waals surface area contributed by atoms with Crippen LogP contribution in [0.4, 0.5) is 0 Å². The first kappa shape index (κ1) is 81.7. The lowest BCUT2D eigenvalue weighted by Crippen LogP contribution is -2.66. The van der Waals surface area contributed by atoms with Gasteiger partial charge in [0.05, 0.1) is 38.6 Å². The number of rotatable bonds is 54. The summed E-state index contributed by atoms with van der Waals surface area (Å²) in [5.74, 6) is -0.315. The number of carbonyl (C=O) groups excluding carboxylic acids is 1. The first-order valence-corrected chi connectivity index (χ1v) is 35.5. The quantitative estimate of drug-likeness (QED) is 0.0199. The summed E-state index contributed by atoms with van der Waals surface area (Å²) in [6.45, 7) is 1.58. The minimum Gasteiger partial charge on any atom is -0.394 e. The molecule has 19 heteroatoms. The molecule has 3 saturated heterocycles. The molecule has 17 unspecified atom stereocenters. The van der Waals surface area contributed by atoms with Gasteiger partial charge in [-0.1, -0.05) is 242 Å². The molecule has 3 fully saturated rings. The van der Waals surface area contributed by atoms with Gasteiger partial charge in [0.25, 0.3) is 0 Å². The van der Waals surface area contributed by atoms with Gasteiger partial charge < -0.3 is 89.9 Å². The second-order valence-corrected chi connectivity index (χ2v) is 25.3. The van der Waals surface area contributed by atoms with Crippen molar-refractivity contribution in [2.45, 2.75) is 356 Å². The van der Waals surface area contributed by atoms with E-state index >= 15 is 0 Å². The molecule has 0 aromatic heterocycles. The third-order valence-corrected chi connectivity index (χ3v) is 17.5. The Morgan fingerprint density at radius 2 is 0.778 bits per heavy atom. The zero-order valence-corrected chi connectivity index (χ0v) is 55.4. The van der Waals surface area contributed by atoms with E-state index in [1.807, 2.05) is 6.08 Å². The van der Waals surface area contributed by atoms with Gasteiger partial charge in [-0.2, -0.15) is 0 Å². The van der Waals surface area contributed by atoms with Crippen molar-refractivity contribution in [2.24, 2.45) is 0 Å². The van der Waals surface area contributed by atoms with Crippen molar-refractivity contribution in [2.75, 3.05) is 26.4 Å². The average Bonchev–Trinajstić information content (AvgIpc) is 0.851. The van der Waals surface area contributed by atoms with Crippen molar-refractivity contribution < 1.29 is 89.4 Å². The van der Waals surface area contributed by atoms with Gasteiger partial charge in [-0.25, -0.2) is 0 Å². The molecule has 90 heavy (non-hydrogen) atoms. The molecule has 3 aliphatic heterocycles. The van der Waals surface area contributed by atoms with Gasteiger partial charge in [0.15, 0.2) is 18.9 Å². The molecule has 1 amide bonds. The molecule has 3 aliphatic rings. The van der Waals surface area contributed by atoms with Gasteiger partial charge >= 0.3 is 0 Å². The van der Waals surface area contributed by atoms with Crippen molar-refractivity contribution in [3.8, 4) is 0 Å². The molecule has 0 aromatic carbocycles. The van der Waals surface area contributed by atoms with E-state index in [2.05, 4.69) is 67.8 Å². The van der Waals surface area contributed by atoms with Crippen molar-refractivity contribution in [3.05, 3.63) is 60.8 Å². The van der Waals surface area contributed by atoms with E-state index < -0.39 is 124 Å². The van der Waals surface area contributed by atoms with Crippen LogP contribution in [0.25, 0.3) is 0 Å². The molecular formula is C71H127NO18. The molecule has 0 aromatic rings. The van der Waals surface area contributed by atoms with Crippen molar-refractivity contribution in [3.63, 3.8) is 0 Å². The van der Waals surface area contributed by atoms with Crippen LogP contribution >= 0.6 is 0 Å². The fraction of sp³-hybridized carbons (Fsp3) is 0.845. The second-order valence-electron chi connectivity index (χ2n) is 25.3. The van der Waals surface area contributed by atoms with E-state index in [1.54, 1.807) is 6.08 Å². The van der Waals surface area contributed by atoms with Gasteiger partial charge in [-0.15, -0.1) is 0 Å². The van der Waals surface area contributed by atoms with Crippen molar-refractivity contribution >= 4 is 5.91 Å². The van der Waals surface area contributed by atoms with E-state index in [4.69, 9.17) is 28.4 Å². The number of amides is 1. The molecule has 12 N–H and O–H groups in total. The topological polar surface area (TPSA) is 307 Å². The third kappa shape index (κ3) is 34.2. The number of ether oxygens (including phenoxy) is 6. The zero-order chi connectivity index (χ0) is 65.4. The lowest BCUT2D eigenvalue weighted by molar-refractivity contribution is -0.379. The lowest BCUT2D eigenvalue weighted by atomic mass is 9.96. The van der Waals surface area contributed by atoms with Crippen molar-refractivity contribution in [1.29, 1.82) is 0 Å². The predicted molar refractivity (Wildman–Crippen MR) is 351 cm³/mol. The maximum absolute atomic E-state index is 13.3. The Morgan fingerprint density at radius 1 is 0.411 bits per heavy atom. The molecule has 19 nitrogen and oxygen atoms in total. The van der Waals surface area contributed by atoms with Gasteiger partial charge in [0.2, 0.25) is 5.91 Å². The normalized spacial score (nSPS) is 28.4. The maximum atomic E-state index is 13.3. The molecule has 0 spiro atoms. The Bertz CT molecular complexity index is 1870. The minimum atomic E-state index is -1.99. The number of aliphatic hydroxyl groups excluding tert-OH is 11. The van der Waals surface area contributed by atoms with Crippen LogP contribution in [0.5, 0.6) is 0 Å². The van der Waals surface area contributed by atoms with E-state index in [0.717, 1.165) is 57.8 Å². The summed E-state index contributed by atoms with van der Waals surface area (Å²) in [6.07, 6.45) is 38.2. The first-order valence-electron chi connectivity index (χ1n) is 35.5. The fourth-order valence-electron chi connectivity index (χ4n) is 11.8. The van der Waals surface area contributed by atoms with Gasteiger partial charge in [0.1, 0.15) is 73.2 Å². The Labute approximate surface area is 541 Å². The Balaban J connectivity index is 1.39. The lowest BCUT2D eigenvalue weighted by Gasteiger charge is -2.48. The molecule has 0 bridgehead atoms. The van der Waals surface area contributed by atoms with Crippen LogP contribution in [-0.4, -0.2) is 193 Å². The van der Waals surface area contributed by atoms with Crippen LogP contribution in [0.1, 0.15) is 251 Å². The summed E-state index contributed by atoms with van der Waals surface area (Å²) in [6, 6.07) is -1.01. The average molecular weight is 1280 g/mol. The highest BCUT2D eigenvalue weighted by Gasteiger charge is 2.53. The number of hydrogen-bond donors (Lipinski definition) is 12. The largest absolute Gasteiger partial charge is 0.394 e. The highest BCUT2D eigenvalue weighted by atomic mass is 16.8. The van der Waals surface area contributed by atoms with E-state index in [-0.39, 0.29) is 18.9 Å². The highest BCUT2D eigenvalue weighted by molar-refractivity contribution is 5.76. The van der Waals surface area contributed by atoms with Gasteiger partial charge in [-0.3, -0.25) is 4.79 Å². The van der Waals surface area contributed by atoms with Crippen LogP contribution in [0.3, 0.4) is 0 Å². The van der Waals surface area contributed by atoms with Gasteiger partial charge in [0, 0.05) is 6.42 Å². The number of allylic oxidation sites excluding steroid dienone is 9. The van der Waals surface area contributed by atoms with E-state index in [0.29, 0.717) is 12.8 Å². The second kappa shape index (κ2) is 52.7. The fourth-order valence-corrected chi connectivity index (χ4v) is 11.8. The number of carbonyl (C=O) groups is 1. The summed E-state index contributed by atoms with van der Waals surface area (Å²) in [4.78, 5) is 13.3. The van der Waals surface area contributed by atoms with Crippen LogP contribution in [0, 0.1) is 0 Å². The number of unbranched alkanes of at least 4 members (excludes halogenated alkanes) is 30. The van der Waals surface area contributed by atoms with E-state index in [1.165, 1.54) is 161 Å². The summed E-state index contributed by atoms with van der Waals surface area (Å²) >= 11 is 0. The number of nitrogens with one attached hydrogen (secondary N) is 1. The number of aliphatic hydroxyl groups is 11. The summed E-state index contributed by atoms with van der Waals surface area (Å²) < 4.78 is 34.3. The van der Waals surface area contributed by atoms with Crippen LogP contribution < -0.4 is 5.32 Å². The molecule has 17 atom stereocenters. The Kier molecular flexibility index (Phi) is 47.9. The molecule has 524 valence electrons. The predicted octanol–water partition coefficient (Wildman–Crippen LogP) is 9.55. The first-order chi connectivity index (χ1) is 43.8. The monoisotopic (exact) mass is 1280 g/mol. The standard InChI is InChI=1S/C71H127NO18/c1-3-5-7-9-11-13-15-17-18-19-20-21-22-23-24-25-26-27-28-29-30-31-32-33-34-35-37-38-40-42-44-46-48-55(76)54(72-59(77)49-47-45-43-41-39-36-16-14-12-10-8-6-4-2)53-85-69-65(83)62(80)67(57(51-74)87-69)90-71-66(84)63(81)68(58(52-75)88-71)89-70-64(82)61(79)60(78)56(50-73)86-70/h6,8,12,14,36,38-40,46,48,54-58,60-71,73-76,78-84H,3-5,7,9-11,13,15-35,37,41-45,47,49-53H2,1-2H3,(H,72,77)/b8-6-,14-12-,39-36-,40-38+,48-46+. The molecule has 3 heterocycles. The molecule has 0 saturated carbocycles. The van der Waals surface area contributed by atoms with Crippen LogP contribution in [0.15, 0.2) is 60.8 Å². The smallest absolute Gasteiger partial charge is 0.220 e. The maximum Gasteiger partial charge on any atom is 0.220 e. The van der Waals surface area contributed by atoms with Crippen LogP contribution in [0.2, 0.25) is 0 Å². The van der Waals surface area contributed by atoms with E-state index in [9.17, 15) is 61.0 Å². The third-order valence-electron chi connectivity index (χ3n) is 17.5. The summed E-state index contributed by atoms with van der Waals surface area (Å²) in [5, 5.41) is 120. The Hall–Kier alpha value is -2.51. The summed E-state index contributed by atoms with van der Waals surface area (Å²) in [5.41, 5.74) is 0. The number of hydrogen-bond acceptors (Lipinski definition) is 18. The molecule has 0 aliphatic carbocycles. The molecule has 3 rings (SSSR count). The SMILES string of the molecule is CC/C=C\C/C=C\C/C=C\CCCCCC(=O)NC(COC1OC(CO)C(OC2OC(CO)C(OC3OC(CO)C(O)C(O)C3O)C(O)C2O)C(O)C1O)C(O)/C=C/CC/C=C/CCCCCCCCCCCCCCCCCCCCCCCCCCCC. The zero-order valence-electron chi connectivity index (χ0n) is 55.4. The summed E-state index contributed by atoms with van der Waals surface area (Å²) in [7, 11) is 0. The van der Waals surface area contributed by atoms with Gasteiger partial charge in [-0.05, 0) is 64.2 Å². The Morgan fingerprint density at radius 3 is 1.24 bits per heavy atom. The molecular weight excluding hydrogens is 1150 g/mol. The van der Waals surface area contributed by atoms with Crippen molar-refractivity contribution in [1.82, 2.24) is 5.32 Å². The molecule has 0 radical (unpaired) electrons. The minimum absolute atomic E-state index is 0.198.